The minimum Gasteiger partial charge on any atom is -0.366 e. The Hall–Kier alpha value is -1.94. The minimum absolute atomic E-state index is 0.382. The van der Waals surface area contributed by atoms with E-state index in [1.165, 1.54) is 18.4 Å². The highest BCUT2D eigenvalue weighted by molar-refractivity contribution is 5.58. The van der Waals surface area contributed by atoms with E-state index in [4.69, 9.17) is 9.97 Å². The topological polar surface area (TPSA) is 49.8 Å². The van der Waals surface area contributed by atoms with Crippen LogP contribution in [0.5, 0.6) is 0 Å². The summed E-state index contributed by atoms with van der Waals surface area (Å²) in [6.45, 7) is 8.56. The average Bonchev–Trinajstić information content (AvgIpc) is 2.56. The third kappa shape index (κ3) is 4.08. The van der Waals surface area contributed by atoms with Crippen LogP contribution in [0.3, 0.4) is 0 Å². The Kier molecular flexibility index (Phi) is 4.91. The molecule has 0 radical (unpaired) electrons. The zero-order valence-corrected chi connectivity index (χ0v) is 14.3. The molecule has 4 heteroatoms. The number of aryl methyl sites for hydroxylation is 1. The molecule has 0 spiro atoms. The van der Waals surface area contributed by atoms with Gasteiger partial charge in [0.05, 0.1) is 0 Å². The fourth-order valence-corrected chi connectivity index (χ4v) is 2.85. The Morgan fingerprint density at radius 3 is 2.61 bits per heavy atom. The molecule has 122 valence electrons. The van der Waals surface area contributed by atoms with Crippen molar-refractivity contribution < 1.29 is 0 Å². The molecule has 1 unspecified atom stereocenters. The number of hydrogen-bond acceptors (Lipinski definition) is 4. The van der Waals surface area contributed by atoms with E-state index in [1.54, 1.807) is 0 Å². The van der Waals surface area contributed by atoms with Gasteiger partial charge in [-0.15, -0.1) is 0 Å². The van der Waals surface area contributed by atoms with Gasteiger partial charge < -0.3 is 10.6 Å². The van der Waals surface area contributed by atoms with E-state index in [9.17, 15) is 0 Å². The van der Waals surface area contributed by atoms with Crippen LogP contribution in [0.4, 0.5) is 5.82 Å². The fraction of sp³-hybridized carbons (Fsp3) is 0.474. The van der Waals surface area contributed by atoms with Gasteiger partial charge in [-0.2, -0.15) is 0 Å². The summed E-state index contributed by atoms with van der Waals surface area (Å²) in [6.07, 6.45) is 2.40. The molecule has 1 aliphatic heterocycles. The number of anilines is 1. The molecule has 3 rings (SSSR count). The van der Waals surface area contributed by atoms with Gasteiger partial charge in [0.25, 0.3) is 0 Å². The third-order valence-corrected chi connectivity index (χ3v) is 4.30. The molecule has 1 aromatic heterocycles. The zero-order valence-electron chi connectivity index (χ0n) is 14.3. The summed E-state index contributed by atoms with van der Waals surface area (Å²) in [5.74, 6) is 2.13. The second kappa shape index (κ2) is 7.09. The van der Waals surface area contributed by atoms with Crippen molar-refractivity contribution in [3.63, 3.8) is 0 Å². The molecule has 2 aromatic rings. The molecule has 0 amide bonds. The smallest absolute Gasteiger partial charge is 0.161 e. The Labute approximate surface area is 138 Å². The largest absolute Gasteiger partial charge is 0.366 e. The number of aromatic nitrogens is 2. The maximum absolute atomic E-state index is 4.76. The second-order valence-electron chi connectivity index (χ2n) is 6.71. The number of piperidine rings is 1. The first-order valence-corrected chi connectivity index (χ1v) is 8.55. The summed E-state index contributed by atoms with van der Waals surface area (Å²) in [4.78, 5) is 9.52. The molecule has 1 aromatic carbocycles. The van der Waals surface area contributed by atoms with E-state index >= 15 is 0 Å². The van der Waals surface area contributed by atoms with Crippen LogP contribution >= 0.6 is 0 Å². The number of benzene rings is 1. The van der Waals surface area contributed by atoms with E-state index in [0.29, 0.717) is 12.0 Å². The van der Waals surface area contributed by atoms with Gasteiger partial charge in [0.2, 0.25) is 0 Å². The summed E-state index contributed by atoms with van der Waals surface area (Å²) < 4.78 is 0. The van der Waals surface area contributed by atoms with Gasteiger partial charge in [-0.3, -0.25) is 0 Å². The van der Waals surface area contributed by atoms with E-state index in [0.717, 1.165) is 36.0 Å². The minimum atomic E-state index is 0.382. The first-order chi connectivity index (χ1) is 11.1. The molecule has 23 heavy (non-hydrogen) atoms. The predicted molar refractivity (Wildman–Crippen MR) is 95.8 cm³/mol. The highest BCUT2D eigenvalue weighted by Crippen LogP contribution is 2.23. The SMILES string of the molecule is Cc1ccc(-c2nc(NC3CCCNC3)cc(C(C)C)n2)cc1. The van der Waals surface area contributed by atoms with Gasteiger partial charge in [0.1, 0.15) is 5.82 Å². The molecule has 2 heterocycles. The molecular weight excluding hydrogens is 284 g/mol. The molecule has 1 atom stereocenters. The van der Waals surface area contributed by atoms with Crippen molar-refractivity contribution in [2.24, 2.45) is 0 Å². The maximum Gasteiger partial charge on any atom is 0.161 e. The summed E-state index contributed by atoms with van der Waals surface area (Å²) >= 11 is 0. The molecule has 1 fully saturated rings. The van der Waals surface area contributed by atoms with Crippen LogP contribution in [0.15, 0.2) is 30.3 Å². The van der Waals surface area contributed by atoms with Crippen LogP contribution in [0.1, 0.15) is 43.9 Å². The Morgan fingerprint density at radius 1 is 1.17 bits per heavy atom. The van der Waals surface area contributed by atoms with E-state index in [2.05, 4.69) is 61.7 Å². The predicted octanol–water partition coefficient (Wildman–Crippen LogP) is 3.74. The molecule has 1 aliphatic rings. The van der Waals surface area contributed by atoms with Crippen molar-refractivity contribution in [3.05, 3.63) is 41.6 Å². The average molecular weight is 310 g/mol. The highest BCUT2D eigenvalue weighted by Gasteiger charge is 2.15. The monoisotopic (exact) mass is 310 g/mol. The molecule has 2 N–H and O–H groups in total. The maximum atomic E-state index is 4.76. The Morgan fingerprint density at radius 2 is 1.96 bits per heavy atom. The summed E-state index contributed by atoms with van der Waals surface area (Å²) in [5.41, 5.74) is 3.41. The van der Waals surface area contributed by atoms with Crippen molar-refractivity contribution in [2.45, 2.75) is 45.6 Å². The Balaban J connectivity index is 1.90. The van der Waals surface area contributed by atoms with Gasteiger partial charge in [-0.1, -0.05) is 43.7 Å². The van der Waals surface area contributed by atoms with Gasteiger partial charge in [-0.25, -0.2) is 9.97 Å². The molecule has 1 saturated heterocycles. The van der Waals surface area contributed by atoms with E-state index in [-0.39, 0.29) is 0 Å². The lowest BCUT2D eigenvalue weighted by Gasteiger charge is -2.24. The Bertz CT molecular complexity index is 643. The first kappa shape index (κ1) is 15.9. The van der Waals surface area contributed by atoms with Gasteiger partial charge in [0.15, 0.2) is 5.82 Å². The van der Waals surface area contributed by atoms with Crippen LogP contribution < -0.4 is 10.6 Å². The number of nitrogens with zero attached hydrogens (tertiary/aromatic N) is 2. The lowest BCUT2D eigenvalue weighted by molar-refractivity contribution is 0.479. The van der Waals surface area contributed by atoms with Crippen LogP contribution in [-0.4, -0.2) is 29.1 Å². The van der Waals surface area contributed by atoms with Crippen molar-refractivity contribution >= 4 is 5.82 Å². The van der Waals surface area contributed by atoms with Crippen molar-refractivity contribution in [1.82, 2.24) is 15.3 Å². The summed E-state index contributed by atoms with van der Waals surface area (Å²) in [7, 11) is 0. The van der Waals surface area contributed by atoms with Crippen LogP contribution in [0.25, 0.3) is 11.4 Å². The molecule has 0 bridgehead atoms. The first-order valence-electron chi connectivity index (χ1n) is 8.55. The molecule has 0 aliphatic carbocycles. The second-order valence-corrected chi connectivity index (χ2v) is 6.71. The van der Waals surface area contributed by atoms with Gasteiger partial charge in [0, 0.05) is 29.9 Å². The number of hydrogen-bond donors (Lipinski definition) is 2. The van der Waals surface area contributed by atoms with Crippen molar-refractivity contribution in [1.29, 1.82) is 0 Å². The molecule has 4 nitrogen and oxygen atoms in total. The van der Waals surface area contributed by atoms with Crippen molar-refractivity contribution in [2.75, 3.05) is 18.4 Å². The third-order valence-electron chi connectivity index (χ3n) is 4.30. The number of rotatable bonds is 4. The zero-order chi connectivity index (χ0) is 16.2. The standard InChI is InChI=1S/C19H26N4/c1-13(2)17-11-18(21-16-5-4-10-20-12-16)23-19(22-17)15-8-6-14(3)7-9-15/h6-9,11,13,16,20H,4-5,10,12H2,1-3H3,(H,21,22,23). The summed E-state index contributed by atoms with van der Waals surface area (Å²) in [6, 6.07) is 11.0. The number of nitrogens with one attached hydrogen (secondary N) is 2. The van der Waals surface area contributed by atoms with Gasteiger partial charge >= 0.3 is 0 Å². The lowest BCUT2D eigenvalue weighted by atomic mass is 10.1. The molecule has 0 saturated carbocycles. The normalized spacial score (nSPS) is 18.2. The van der Waals surface area contributed by atoms with E-state index in [1.807, 2.05) is 0 Å². The highest BCUT2D eigenvalue weighted by atomic mass is 15.1. The summed E-state index contributed by atoms with van der Waals surface area (Å²) in [5, 5.41) is 7.02. The quantitative estimate of drug-likeness (QED) is 0.903. The van der Waals surface area contributed by atoms with Gasteiger partial charge in [-0.05, 0) is 32.2 Å². The molecular formula is C19H26N4. The lowest BCUT2D eigenvalue weighted by Crippen LogP contribution is -2.38. The van der Waals surface area contributed by atoms with E-state index < -0.39 is 0 Å². The van der Waals surface area contributed by atoms with Crippen LogP contribution in [0.2, 0.25) is 0 Å². The van der Waals surface area contributed by atoms with Crippen molar-refractivity contribution in [3.8, 4) is 11.4 Å². The van der Waals surface area contributed by atoms with Crippen LogP contribution in [-0.2, 0) is 0 Å². The fourth-order valence-electron chi connectivity index (χ4n) is 2.85. The van der Waals surface area contributed by atoms with Crippen LogP contribution in [0, 0.1) is 6.92 Å².